The molecule has 2 nitrogen and oxygen atoms in total. The zero-order chi connectivity index (χ0) is 9.15. The van der Waals surface area contributed by atoms with Crippen LogP contribution in [0.4, 0.5) is 0 Å². The Labute approximate surface area is 80.5 Å². The Bertz CT molecular complexity index is 211. The van der Waals surface area contributed by atoms with Gasteiger partial charge in [-0.25, -0.2) is 0 Å². The van der Waals surface area contributed by atoms with Gasteiger partial charge in [-0.2, -0.15) is 5.26 Å². The van der Waals surface area contributed by atoms with Crippen LogP contribution in [0, 0.1) is 16.7 Å². The number of likely N-dealkylation sites (tertiary alicyclic amines) is 1. The SMILES string of the molecule is N#CCCN1CCC2(CCCC2)C1. The summed E-state index contributed by atoms with van der Waals surface area (Å²) in [5.41, 5.74) is 0.676. The maximum Gasteiger partial charge on any atom is 0.0635 e. The average Bonchev–Trinajstić information content (AvgIpc) is 2.74. The molecule has 1 spiro atoms. The first-order chi connectivity index (χ1) is 6.35. The Kier molecular flexibility index (Phi) is 2.55. The van der Waals surface area contributed by atoms with Crippen LogP contribution in [0.25, 0.3) is 0 Å². The van der Waals surface area contributed by atoms with Crippen LogP contribution in [0.1, 0.15) is 38.5 Å². The number of nitriles is 1. The molecular formula is C11H18N2. The number of rotatable bonds is 2. The molecule has 0 unspecified atom stereocenters. The minimum absolute atomic E-state index is 0.676. The van der Waals surface area contributed by atoms with E-state index in [-0.39, 0.29) is 0 Å². The first-order valence-electron chi connectivity index (χ1n) is 5.44. The van der Waals surface area contributed by atoms with E-state index in [0.717, 1.165) is 6.54 Å². The van der Waals surface area contributed by atoms with Crippen LogP contribution >= 0.6 is 0 Å². The van der Waals surface area contributed by atoms with E-state index in [1.54, 1.807) is 0 Å². The van der Waals surface area contributed by atoms with Crippen molar-refractivity contribution >= 4 is 0 Å². The Hall–Kier alpha value is -0.550. The molecule has 1 saturated carbocycles. The van der Waals surface area contributed by atoms with Gasteiger partial charge in [0.25, 0.3) is 0 Å². The molecule has 0 N–H and O–H groups in total. The minimum atomic E-state index is 0.676. The van der Waals surface area contributed by atoms with Gasteiger partial charge in [0.05, 0.1) is 6.07 Å². The van der Waals surface area contributed by atoms with Gasteiger partial charge in [0.15, 0.2) is 0 Å². The molecule has 1 saturated heterocycles. The number of hydrogen-bond donors (Lipinski definition) is 0. The second-order valence-electron chi connectivity index (χ2n) is 4.64. The smallest absolute Gasteiger partial charge is 0.0635 e. The van der Waals surface area contributed by atoms with Crippen molar-refractivity contribution in [2.45, 2.75) is 38.5 Å². The molecule has 0 aromatic heterocycles. The molecule has 0 atom stereocenters. The molecule has 0 aromatic carbocycles. The van der Waals surface area contributed by atoms with E-state index in [4.69, 9.17) is 5.26 Å². The third kappa shape index (κ3) is 1.86. The number of hydrogen-bond acceptors (Lipinski definition) is 2. The summed E-state index contributed by atoms with van der Waals surface area (Å²) in [6.07, 6.45) is 7.85. The highest BCUT2D eigenvalue weighted by Gasteiger charge is 2.39. The molecule has 0 aromatic rings. The molecule has 0 radical (unpaired) electrons. The Balaban J connectivity index is 1.83. The molecule has 0 amide bonds. The lowest BCUT2D eigenvalue weighted by Crippen LogP contribution is -2.25. The second-order valence-corrected chi connectivity index (χ2v) is 4.64. The van der Waals surface area contributed by atoms with Gasteiger partial charge in [0, 0.05) is 19.5 Å². The van der Waals surface area contributed by atoms with E-state index in [0.29, 0.717) is 11.8 Å². The van der Waals surface area contributed by atoms with Crippen molar-refractivity contribution in [3.8, 4) is 6.07 Å². The molecule has 2 aliphatic rings. The molecule has 1 aliphatic carbocycles. The van der Waals surface area contributed by atoms with E-state index >= 15 is 0 Å². The van der Waals surface area contributed by atoms with Crippen molar-refractivity contribution in [2.24, 2.45) is 5.41 Å². The molecule has 2 rings (SSSR count). The monoisotopic (exact) mass is 178 g/mol. The normalized spacial score (nSPS) is 26.7. The molecule has 1 heterocycles. The average molecular weight is 178 g/mol. The lowest BCUT2D eigenvalue weighted by Gasteiger charge is -2.22. The quantitative estimate of drug-likeness (QED) is 0.648. The van der Waals surface area contributed by atoms with Gasteiger partial charge in [-0.05, 0) is 31.2 Å². The maximum atomic E-state index is 8.51. The zero-order valence-corrected chi connectivity index (χ0v) is 8.26. The molecule has 13 heavy (non-hydrogen) atoms. The Morgan fingerprint density at radius 1 is 1.23 bits per heavy atom. The molecule has 0 bridgehead atoms. The fraction of sp³-hybridized carbons (Fsp3) is 0.909. The molecular weight excluding hydrogens is 160 g/mol. The highest BCUT2D eigenvalue weighted by molar-refractivity contribution is 4.93. The van der Waals surface area contributed by atoms with E-state index < -0.39 is 0 Å². The zero-order valence-electron chi connectivity index (χ0n) is 8.26. The molecule has 2 fully saturated rings. The summed E-state index contributed by atoms with van der Waals surface area (Å²) in [6, 6.07) is 2.23. The lowest BCUT2D eigenvalue weighted by molar-refractivity contribution is 0.265. The topological polar surface area (TPSA) is 27.0 Å². The lowest BCUT2D eigenvalue weighted by atomic mass is 9.86. The summed E-state index contributed by atoms with van der Waals surface area (Å²) in [6.45, 7) is 3.51. The van der Waals surface area contributed by atoms with Crippen molar-refractivity contribution in [3.05, 3.63) is 0 Å². The highest BCUT2D eigenvalue weighted by atomic mass is 15.2. The second kappa shape index (κ2) is 3.67. The highest BCUT2D eigenvalue weighted by Crippen LogP contribution is 2.45. The van der Waals surface area contributed by atoms with E-state index in [1.807, 2.05) is 0 Å². The molecule has 2 heteroatoms. The number of nitrogens with zero attached hydrogens (tertiary/aromatic N) is 2. The van der Waals surface area contributed by atoms with Crippen molar-refractivity contribution < 1.29 is 0 Å². The van der Waals surface area contributed by atoms with Crippen LogP contribution in [-0.4, -0.2) is 24.5 Å². The standard InChI is InChI=1S/C11H18N2/c12-7-3-8-13-9-6-11(10-13)4-1-2-5-11/h1-6,8-10H2. The molecule has 1 aliphatic heterocycles. The summed E-state index contributed by atoms with van der Waals surface area (Å²) in [5, 5.41) is 8.51. The fourth-order valence-electron chi connectivity index (χ4n) is 2.96. The first-order valence-corrected chi connectivity index (χ1v) is 5.44. The summed E-state index contributed by atoms with van der Waals surface area (Å²) in [5.74, 6) is 0. The van der Waals surface area contributed by atoms with Crippen LogP contribution in [0.5, 0.6) is 0 Å². The predicted octanol–water partition coefficient (Wildman–Crippen LogP) is 2.17. The maximum absolute atomic E-state index is 8.51. The minimum Gasteiger partial charge on any atom is -0.302 e. The fourth-order valence-corrected chi connectivity index (χ4v) is 2.96. The third-order valence-electron chi connectivity index (χ3n) is 3.72. The van der Waals surface area contributed by atoms with Crippen LogP contribution < -0.4 is 0 Å². The van der Waals surface area contributed by atoms with Crippen molar-refractivity contribution in [1.29, 1.82) is 5.26 Å². The van der Waals surface area contributed by atoms with Crippen LogP contribution in [0.15, 0.2) is 0 Å². The third-order valence-corrected chi connectivity index (χ3v) is 3.72. The van der Waals surface area contributed by atoms with E-state index in [1.165, 1.54) is 45.2 Å². The predicted molar refractivity (Wildman–Crippen MR) is 52.2 cm³/mol. The van der Waals surface area contributed by atoms with Crippen molar-refractivity contribution in [2.75, 3.05) is 19.6 Å². The van der Waals surface area contributed by atoms with Crippen LogP contribution in [0.3, 0.4) is 0 Å². The molecule has 72 valence electrons. The largest absolute Gasteiger partial charge is 0.302 e. The van der Waals surface area contributed by atoms with Gasteiger partial charge >= 0.3 is 0 Å². The van der Waals surface area contributed by atoms with Gasteiger partial charge in [-0.3, -0.25) is 0 Å². The summed E-state index contributed by atoms with van der Waals surface area (Å²) in [7, 11) is 0. The Morgan fingerprint density at radius 2 is 2.00 bits per heavy atom. The van der Waals surface area contributed by atoms with Gasteiger partial charge in [-0.15, -0.1) is 0 Å². The summed E-state index contributed by atoms with van der Waals surface area (Å²) in [4.78, 5) is 2.48. The van der Waals surface area contributed by atoms with Gasteiger partial charge in [0.2, 0.25) is 0 Å². The van der Waals surface area contributed by atoms with Crippen LogP contribution in [-0.2, 0) is 0 Å². The van der Waals surface area contributed by atoms with E-state index in [2.05, 4.69) is 11.0 Å². The summed E-state index contributed by atoms with van der Waals surface area (Å²) < 4.78 is 0. The summed E-state index contributed by atoms with van der Waals surface area (Å²) >= 11 is 0. The first kappa shape index (κ1) is 9.02. The van der Waals surface area contributed by atoms with Gasteiger partial charge < -0.3 is 4.90 Å². The Morgan fingerprint density at radius 3 is 2.69 bits per heavy atom. The van der Waals surface area contributed by atoms with Gasteiger partial charge in [-0.1, -0.05) is 12.8 Å². The van der Waals surface area contributed by atoms with Crippen molar-refractivity contribution in [1.82, 2.24) is 4.90 Å². The van der Waals surface area contributed by atoms with Crippen LogP contribution in [0.2, 0.25) is 0 Å². The van der Waals surface area contributed by atoms with E-state index in [9.17, 15) is 0 Å². The van der Waals surface area contributed by atoms with Crippen molar-refractivity contribution in [3.63, 3.8) is 0 Å². The van der Waals surface area contributed by atoms with Gasteiger partial charge in [0.1, 0.15) is 0 Å².